The standard InChI is InChI=1S/C8H11NOS2/c1-11-8(12-2)7(10)6-4-3-5-9-6/h3-5,9-10H,1-2H3. The van der Waals surface area contributed by atoms with E-state index < -0.39 is 0 Å². The van der Waals surface area contributed by atoms with Gasteiger partial charge in [-0.2, -0.15) is 0 Å². The molecule has 1 aromatic rings. The summed E-state index contributed by atoms with van der Waals surface area (Å²) >= 11 is 3.10. The lowest BCUT2D eigenvalue weighted by Crippen LogP contribution is -1.84. The van der Waals surface area contributed by atoms with Crippen LogP contribution in [-0.4, -0.2) is 22.6 Å². The van der Waals surface area contributed by atoms with Gasteiger partial charge in [0.25, 0.3) is 0 Å². The molecular formula is C8H11NOS2. The Balaban J connectivity index is 2.94. The highest BCUT2D eigenvalue weighted by Gasteiger charge is 2.05. The second-order valence-corrected chi connectivity index (χ2v) is 4.02. The van der Waals surface area contributed by atoms with Gasteiger partial charge in [0.15, 0.2) is 5.76 Å². The number of aliphatic hydroxyl groups excluding tert-OH is 1. The van der Waals surface area contributed by atoms with E-state index in [9.17, 15) is 5.11 Å². The number of aromatic amines is 1. The van der Waals surface area contributed by atoms with Gasteiger partial charge in [-0.1, -0.05) is 0 Å². The van der Waals surface area contributed by atoms with Gasteiger partial charge in [0.05, 0.1) is 9.93 Å². The highest BCUT2D eigenvalue weighted by molar-refractivity contribution is 8.21. The van der Waals surface area contributed by atoms with Gasteiger partial charge in [-0.25, -0.2) is 0 Å². The van der Waals surface area contributed by atoms with E-state index in [4.69, 9.17) is 0 Å². The summed E-state index contributed by atoms with van der Waals surface area (Å²) in [6.45, 7) is 0. The summed E-state index contributed by atoms with van der Waals surface area (Å²) in [6.07, 6.45) is 5.69. The highest BCUT2D eigenvalue weighted by atomic mass is 32.2. The predicted molar refractivity (Wildman–Crippen MR) is 57.4 cm³/mol. The summed E-state index contributed by atoms with van der Waals surface area (Å²) in [5.41, 5.74) is 0.772. The minimum Gasteiger partial charge on any atom is -0.504 e. The first-order chi connectivity index (χ1) is 5.79. The molecule has 12 heavy (non-hydrogen) atoms. The number of aromatic nitrogens is 1. The molecule has 66 valence electrons. The van der Waals surface area contributed by atoms with Gasteiger partial charge in [0.1, 0.15) is 0 Å². The smallest absolute Gasteiger partial charge is 0.159 e. The van der Waals surface area contributed by atoms with Crippen molar-refractivity contribution in [1.82, 2.24) is 4.98 Å². The quantitative estimate of drug-likeness (QED) is 0.738. The molecule has 0 saturated carbocycles. The number of aliphatic hydroxyl groups is 1. The van der Waals surface area contributed by atoms with Crippen molar-refractivity contribution < 1.29 is 5.11 Å². The maximum Gasteiger partial charge on any atom is 0.159 e. The largest absolute Gasteiger partial charge is 0.504 e. The van der Waals surface area contributed by atoms with E-state index in [1.54, 1.807) is 29.7 Å². The van der Waals surface area contributed by atoms with Crippen LogP contribution in [0.5, 0.6) is 0 Å². The Hall–Kier alpha value is -0.480. The van der Waals surface area contributed by atoms with Crippen LogP contribution in [0.4, 0.5) is 0 Å². The third-order valence-corrected chi connectivity index (χ3v) is 3.55. The molecule has 0 bridgehead atoms. The second kappa shape index (κ2) is 4.52. The lowest BCUT2D eigenvalue weighted by Gasteiger charge is -2.02. The van der Waals surface area contributed by atoms with E-state index in [1.807, 2.05) is 24.6 Å². The van der Waals surface area contributed by atoms with Crippen LogP contribution >= 0.6 is 23.5 Å². The van der Waals surface area contributed by atoms with Crippen molar-refractivity contribution in [1.29, 1.82) is 0 Å². The lowest BCUT2D eigenvalue weighted by molar-refractivity contribution is 0.509. The van der Waals surface area contributed by atoms with Crippen LogP contribution < -0.4 is 0 Å². The molecule has 1 rings (SSSR count). The van der Waals surface area contributed by atoms with E-state index in [0.717, 1.165) is 9.93 Å². The van der Waals surface area contributed by atoms with E-state index >= 15 is 0 Å². The molecule has 0 saturated heterocycles. The topological polar surface area (TPSA) is 36.0 Å². The van der Waals surface area contributed by atoms with Crippen molar-refractivity contribution in [3.05, 3.63) is 28.3 Å². The van der Waals surface area contributed by atoms with Gasteiger partial charge in [-0.05, 0) is 24.6 Å². The Kier molecular flexibility index (Phi) is 3.62. The zero-order valence-corrected chi connectivity index (χ0v) is 8.63. The molecule has 4 heteroatoms. The molecule has 0 aliphatic carbocycles. The first-order valence-corrected chi connectivity index (χ1v) is 5.89. The Morgan fingerprint density at radius 2 is 2.08 bits per heavy atom. The van der Waals surface area contributed by atoms with E-state index in [0.29, 0.717) is 5.76 Å². The molecule has 0 aromatic carbocycles. The molecule has 2 nitrogen and oxygen atoms in total. The number of H-pyrrole nitrogens is 1. The second-order valence-electron chi connectivity index (χ2n) is 2.13. The summed E-state index contributed by atoms with van der Waals surface area (Å²) in [5.74, 6) is 0.333. The Morgan fingerprint density at radius 1 is 1.42 bits per heavy atom. The minimum absolute atomic E-state index is 0.333. The van der Waals surface area contributed by atoms with Crippen LogP contribution in [0.25, 0.3) is 5.76 Å². The lowest BCUT2D eigenvalue weighted by atomic mass is 10.4. The fraction of sp³-hybridized carbons (Fsp3) is 0.250. The molecular weight excluding hydrogens is 190 g/mol. The van der Waals surface area contributed by atoms with Crippen LogP contribution in [0.15, 0.2) is 22.6 Å². The molecule has 0 amide bonds. The first kappa shape index (κ1) is 9.61. The Morgan fingerprint density at radius 3 is 2.50 bits per heavy atom. The minimum atomic E-state index is 0.333. The fourth-order valence-corrected chi connectivity index (χ4v) is 2.14. The van der Waals surface area contributed by atoms with Gasteiger partial charge < -0.3 is 10.1 Å². The van der Waals surface area contributed by atoms with E-state index in [-0.39, 0.29) is 0 Å². The molecule has 2 N–H and O–H groups in total. The maximum absolute atomic E-state index is 9.68. The number of rotatable bonds is 3. The van der Waals surface area contributed by atoms with Gasteiger partial charge in [0, 0.05) is 6.20 Å². The average molecular weight is 201 g/mol. The van der Waals surface area contributed by atoms with Gasteiger partial charge in [0.2, 0.25) is 0 Å². The first-order valence-electron chi connectivity index (χ1n) is 3.44. The molecule has 0 fully saturated rings. The van der Waals surface area contributed by atoms with Crippen molar-refractivity contribution in [3.8, 4) is 0 Å². The van der Waals surface area contributed by atoms with Gasteiger partial charge in [-0.3, -0.25) is 0 Å². The van der Waals surface area contributed by atoms with Crippen LogP contribution in [0, 0.1) is 0 Å². The summed E-state index contributed by atoms with van der Waals surface area (Å²) in [4.78, 5) is 2.95. The number of nitrogens with one attached hydrogen (secondary N) is 1. The van der Waals surface area contributed by atoms with Crippen LogP contribution in [0.1, 0.15) is 5.69 Å². The molecule has 0 aliphatic heterocycles. The Labute approximate surface area is 80.5 Å². The normalized spacial score (nSPS) is 9.83. The van der Waals surface area contributed by atoms with E-state index in [1.165, 1.54) is 0 Å². The van der Waals surface area contributed by atoms with Crippen molar-refractivity contribution >= 4 is 29.3 Å². The average Bonchev–Trinajstić information content (AvgIpc) is 2.58. The third kappa shape index (κ3) is 2.01. The van der Waals surface area contributed by atoms with Gasteiger partial charge >= 0.3 is 0 Å². The zero-order valence-electron chi connectivity index (χ0n) is 7.00. The molecule has 0 spiro atoms. The van der Waals surface area contributed by atoms with Crippen molar-refractivity contribution in [2.45, 2.75) is 0 Å². The molecule has 1 heterocycles. The SMILES string of the molecule is CSC(SC)=C(O)c1ccc[nH]1. The molecule has 0 atom stereocenters. The molecule has 0 unspecified atom stereocenters. The summed E-state index contributed by atoms with van der Waals surface area (Å²) in [7, 11) is 0. The van der Waals surface area contributed by atoms with Crippen molar-refractivity contribution in [2.24, 2.45) is 0 Å². The number of hydrogen-bond acceptors (Lipinski definition) is 3. The molecule has 0 radical (unpaired) electrons. The third-order valence-electron chi connectivity index (χ3n) is 1.42. The van der Waals surface area contributed by atoms with Crippen molar-refractivity contribution in [3.63, 3.8) is 0 Å². The summed E-state index contributed by atoms with van der Waals surface area (Å²) in [6, 6.07) is 3.71. The van der Waals surface area contributed by atoms with Crippen LogP contribution in [-0.2, 0) is 0 Å². The van der Waals surface area contributed by atoms with Crippen molar-refractivity contribution in [2.75, 3.05) is 12.5 Å². The zero-order chi connectivity index (χ0) is 8.97. The Bertz CT molecular complexity index is 261. The predicted octanol–water partition coefficient (Wildman–Crippen LogP) is 2.92. The summed E-state index contributed by atoms with van der Waals surface area (Å²) < 4.78 is 0.928. The monoisotopic (exact) mass is 201 g/mol. The van der Waals surface area contributed by atoms with Crippen LogP contribution in [0.3, 0.4) is 0 Å². The summed E-state index contributed by atoms with van der Waals surface area (Å²) in [5, 5.41) is 9.68. The fourth-order valence-electron chi connectivity index (χ4n) is 0.864. The highest BCUT2D eigenvalue weighted by Crippen LogP contribution is 2.30. The maximum atomic E-state index is 9.68. The number of hydrogen-bond donors (Lipinski definition) is 2. The van der Waals surface area contributed by atoms with E-state index in [2.05, 4.69) is 4.98 Å². The molecule has 1 aromatic heterocycles. The number of thioether (sulfide) groups is 2. The van der Waals surface area contributed by atoms with Gasteiger partial charge in [-0.15, -0.1) is 23.5 Å². The van der Waals surface area contributed by atoms with Crippen LogP contribution in [0.2, 0.25) is 0 Å². The molecule has 0 aliphatic rings.